The quantitative estimate of drug-likeness (QED) is 0.398. The third-order valence-electron chi connectivity index (χ3n) is 4.43. The number of benzene rings is 1. The van der Waals surface area contributed by atoms with Crippen molar-refractivity contribution in [1.29, 1.82) is 0 Å². The van der Waals surface area contributed by atoms with Gasteiger partial charge in [-0.15, -0.1) is 0 Å². The van der Waals surface area contributed by atoms with Crippen molar-refractivity contribution in [3.8, 4) is 5.75 Å². The van der Waals surface area contributed by atoms with Gasteiger partial charge >= 0.3 is 5.97 Å². The van der Waals surface area contributed by atoms with Crippen LogP contribution in [0, 0.1) is 13.8 Å². The van der Waals surface area contributed by atoms with Crippen LogP contribution in [0.15, 0.2) is 12.1 Å². The molecule has 1 rings (SSSR count). The molecule has 3 heteroatoms. The highest BCUT2D eigenvalue weighted by molar-refractivity contribution is 5.69. The molecule has 0 amide bonds. The number of aryl methyl sites for hydroxylation is 3. The zero-order valence-electron chi connectivity index (χ0n) is 15.7. The molecule has 3 nitrogen and oxygen atoms in total. The van der Waals surface area contributed by atoms with E-state index in [0.717, 1.165) is 29.5 Å². The molecule has 1 N–H and O–H groups in total. The molecule has 0 saturated heterocycles. The summed E-state index contributed by atoms with van der Waals surface area (Å²) in [4.78, 5) is 11.8. The topological polar surface area (TPSA) is 46.5 Å². The first kappa shape index (κ1) is 20.5. The number of hydrogen-bond acceptors (Lipinski definition) is 3. The molecule has 24 heavy (non-hydrogen) atoms. The van der Waals surface area contributed by atoms with Gasteiger partial charge < -0.3 is 9.84 Å². The van der Waals surface area contributed by atoms with Crippen molar-refractivity contribution in [2.45, 2.75) is 85.0 Å². The van der Waals surface area contributed by atoms with E-state index in [0.29, 0.717) is 25.2 Å². The minimum atomic E-state index is -0.124. The second-order valence-corrected chi connectivity index (χ2v) is 6.77. The van der Waals surface area contributed by atoms with E-state index < -0.39 is 0 Å². The largest absolute Gasteiger partial charge is 0.507 e. The molecule has 0 bridgehead atoms. The number of esters is 1. The molecule has 0 unspecified atom stereocenters. The molecule has 0 aliphatic heterocycles. The summed E-state index contributed by atoms with van der Waals surface area (Å²) >= 11 is 0. The monoisotopic (exact) mass is 334 g/mol. The molecule has 136 valence electrons. The Morgan fingerprint density at radius 1 is 0.958 bits per heavy atom. The molecule has 0 radical (unpaired) electrons. The third-order valence-corrected chi connectivity index (χ3v) is 4.43. The van der Waals surface area contributed by atoms with Crippen LogP contribution >= 0.6 is 0 Å². The zero-order valence-corrected chi connectivity index (χ0v) is 15.7. The highest BCUT2D eigenvalue weighted by Gasteiger charge is 2.07. The molecule has 0 aliphatic carbocycles. The van der Waals surface area contributed by atoms with E-state index in [9.17, 15) is 9.90 Å². The van der Waals surface area contributed by atoms with Crippen LogP contribution in [-0.4, -0.2) is 17.7 Å². The van der Waals surface area contributed by atoms with Gasteiger partial charge in [-0.05, 0) is 43.4 Å². The Hall–Kier alpha value is -1.51. The molecule has 1 aromatic rings. The fraction of sp³-hybridized carbons (Fsp3) is 0.667. The van der Waals surface area contributed by atoms with Gasteiger partial charge in [0.15, 0.2) is 0 Å². The molecular weight excluding hydrogens is 300 g/mol. The number of hydrogen-bond donors (Lipinski definition) is 1. The van der Waals surface area contributed by atoms with Crippen LogP contribution in [0.1, 0.15) is 81.4 Å². The van der Waals surface area contributed by atoms with Crippen LogP contribution in [0.2, 0.25) is 0 Å². The van der Waals surface area contributed by atoms with Gasteiger partial charge in [-0.3, -0.25) is 4.79 Å². The van der Waals surface area contributed by atoms with Gasteiger partial charge in [-0.1, -0.05) is 64.0 Å². The summed E-state index contributed by atoms with van der Waals surface area (Å²) in [6.45, 7) is 6.54. The zero-order chi connectivity index (χ0) is 17.8. The first-order valence-electron chi connectivity index (χ1n) is 9.49. The molecular formula is C21H34O3. The molecule has 0 aromatic heterocycles. The summed E-state index contributed by atoms with van der Waals surface area (Å²) < 4.78 is 5.30. The Labute approximate surface area is 147 Å². The van der Waals surface area contributed by atoms with Crippen molar-refractivity contribution in [2.75, 3.05) is 6.61 Å². The Kier molecular flexibility index (Phi) is 10.2. The summed E-state index contributed by atoms with van der Waals surface area (Å²) in [6.07, 6.45) is 11.0. The van der Waals surface area contributed by atoms with E-state index in [1.54, 1.807) is 0 Å². The Balaban J connectivity index is 2.08. The lowest BCUT2D eigenvalue weighted by Crippen LogP contribution is -2.07. The predicted molar refractivity (Wildman–Crippen MR) is 99.5 cm³/mol. The van der Waals surface area contributed by atoms with Crippen molar-refractivity contribution in [1.82, 2.24) is 0 Å². The van der Waals surface area contributed by atoms with Crippen molar-refractivity contribution in [3.63, 3.8) is 0 Å². The summed E-state index contributed by atoms with van der Waals surface area (Å²) in [6, 6.07) is 3.88. The fourth-order valence-electron chi connectivity index (χ4n) is 2.93. The van der Waals surface area contributed by atoms with Gasteiger partial charge in [0, 0.05) is 6.42 Å². The van der Waals surface area contributed by atoms with Gasteiger partial charge in [-0.2, -0.15) is 0 Å². The third kappa shape index (κ3) is 8.37. The Morgan fingerprint density at radius 3 is 2.08 bits per heavy atom. The predicted octanol–water partition coefficient (Wildman–Crippen LogP) is 5.63. The summed E-state index contributed by atoms with van der Waals surface area (Å²) in [5.41, 5.74) is 2.79. The highest BCUT2D eigenvalue weighted by Crippen LogP contribution is 2.23. The molecule has 0 aliphatic rings. The Bertz CT molecular complexity index is 471. The number of carbonyl (C=O) groups is 1. The van der Waals surface area contributed by atoms with Crippen molar-refractivity contribution in [2.24, 2.45) is 0 Å². The maximum atomic E-state index is 11.8. The van der Waals surface area contributed by atoms with E-state index in [4.69, 9.17) is 4.74 Å². The van der Waals surface area contributed by atoms with Crippen molar-refractivity contribution < 1.29 is 14.6 Å². The maximum Gasteiger partial charge on any atom is 0.306 e. The molecule has 0 atom stereocenters. The lowest BCUT2D eigenvalue weighted by Gasteiger charge is -2.08. The number of rotatable bonds is 12. The molecule has 0 spiro atoms. The fourth-order valence-corrected chi connectivity index (χ4v) is 2.93. The number of unbranched alkanes of at least 4 members (excludes halogenated alkanes) is 7. The molecule has 0 fully saturated rings. The summed E-state index contributed by atoms with van der Waals surface area (Å²) in [5.74, 6) is 0.220. The summed E-state index contributed by atoms with van der Waals surface area (Å²) in [7, 11) is 0. The number of carbonyl (C=O) groups excluding carboxylic acids is 1. The SMILES string of the molecule is CCCCCCCCCCOC(=O)CCc1cc(C)c(O)c(C)c1. The van der Waals surface area contributed by atoms with Gasteiger partial charge in [0.2, 0.25) is 0 Å². The summed E-state index contributed by atoms with van der Waals surface area (Å²) in [5, 5.41) is 9.76. The lowest BCUT2D eigenvalue weighted by molar-refractivity contribution is -0.143. The van der Waals surface area contributed by atoms with Crippen LogP contribution in [-0.2, 0) is 16.0 Å². The van der Waals surface area contributed by atoms with Crippen molar-refractivity contribution in [3.05, 3.63) is 28.8 Å². The lowest BCUT2D eigenvalue weighted by atomic mass is 10.0. The smallest absolute Gasteiger partial charge is 0.306 e. The highest BCUT2D eigenvalue weighted by atomic mass is 16.5. The van der Waals surface area contributed by atoms with E-state index in [2.05, 4.69) is 6.92 Å². The van der Waals surface area contributed by atoms with Gasteiger partial charge in [0.05, 0.1) is 6.61 Å². The first-order chi connectivity index (χ1) is 11.5. The van der Waals surface area contributed by atoms with Gasteiger partial charge in [0.25, 0.3) is 0 Å². The van der Waals surface area contributed by atoms with E-state index in [1.165, 1.54) is 38.5 Å². The van der Waals surface area contributed by atoms with Crippen LogP contribution < -0.4 is 0 Å². The van der Waals surface area contributed by atoms with Crippen molar-refractivity contribution >= 4 is 5.97 Å². The van der Waals surface area contributed by atoms with E-state index in [-0.39, 0.29) is 5.97 Å². The average molecular weight is 335 g/mol. The van der Waals surface area contributed by atoms with E-state index >= 15 is 0 Å². The number of phenolic OH excluding ortho intramolecular Hbond substituents is 1. The molecule has 0 heterocycles. The minimum absolute atomic E-state index is 0.124. The Morgan fingerprint density at radius 2 is 1.50 bits per heavy atom. The number of aromatic hydroxyl groups is 1. The molecule has 1 aromatic carbocycles. The van der Waals surface area contributed by atoms with E-state index in [1.807, 2.05) is 26.0 Å². The van der Waals surface area contributed by atoms with Crippen LogP contribution in [0.3, 0.4) is 0 Å². The van der Waals surface area contributed by atoms with Crippen LogP contribution in [0.4, 0.5) is 0 Å². The normalized spacial score (nSPS) is 10.8. The van der Waals surface area contributed by atoms with Crippen LogP contribution in [0.5, 0.6) is 5.75 Å². The number of ether oxygens (including phenoxy) is 1. The minimum Gasteiger partial charge on any atom is -0.507 e. The standard InChI is InChI=1S/C21H34O3/c1-4-5-6-7-8-9-10-11-14-24-20(22)13-12-19-15-17(2)21(23)18(3)16-19/h15-16,23H,4-14H2,1-3H3. The average Bonchev–Trinajstić information content (AvgIpc) is 2.56. The van der Waals surface area contributed by atoms with Gasteiger partial charge in [-0.25, -0.2) is 0 Å². The molecule has 0 saturated carbocycles. The van der Waals surface area contributed by atoms with Crippen LogP contribution in [0.25, 0.3) is 0 Å². The second-order valence-electron chi connectivity index (χ2n) is 6.77. The maximum absolute atomic E-state index is 11.8. The second kappa shape index (κ2) is 11.9. The first-order valence-corrected chi connectivity index (χ1v) is 9.49. The number of phenols is 1. The van der Waals surface area contributed by atoms with Gasteiger partial charge in [0.1, 0.15) is 5.75 Å².